The van der Waals surface area contributed by atoms with Crippen molar-refractivity contribution in [1.82, 2.24) is 15.0 Å². The average molecular weight is 251 g/mol. The van der Waals surface area contributed by atoms with Crippen LogP contribution in [0.5, 0.6) is 6.01 Å². The van der Waals surface area contributed by atoms with Gasteiger partial charge in [0, 0.05) is 5.69 Å². The van der Waals surface area contributed by atoms with Gasteiger partial charge in [-0.1, -0.05) is 17.7 Å². The minimum Gasteiger partial charge on any atom is -0.467 e. The van der Waals surface area contributed by atoms with E-state index in [0.717, 1.165) is 5.69 Å². The monoisotopic (exact) mass is 250 g/mol. The molecule has 0 aliphatic heterocycles. The SMILES string of the molecule is COc1nc(Cl)nc(Nc2ccc(C)cc2)n1. The lowest BCUT2D eigenvalue weighted by molar-refractivity contribution is 0.379. The Morgan fingerprint density at radius 1 is 1.12 bits per heavy atom. The van der Waals surface area contributed by atoms with Gasteiger partial charge >= 0.3 is 6.01 Å². The number of hydrogen-bond donors (Lipinski definition) is 1. The van der Waals surface area contributed by atoms with Crippen LogP contribution in [0.15, 0.2) is 24.3 Å². The van der Waals surface area contributed by atoms with Crippen LogP contribution in [0.3, 0.4) is 0 Å². The number of benzene rings is 1. The highest BCUT2D eigenvalue weighted by Crippen LogP contribution is 2.16. The van der Waals surface area contributed by atoms with Crippen LogP contribution < -0.4 is 10.1 Å². The zero-order valence-corrected chi connectivity index (χ0v) is 10.2. The van der Waals surface area contributed by atoms with E-state index in [-0.39, 0.29) is 11.3 Å². The van der Waals surface area contributed by atoms with Gasteiger partial charge in [0.2, 0.25) is 11.2 Å². The average Bonchev–Trinajstić information content (AvgIpc) is 2.31. The summed E-state index contributed by atoms with van der Waals surface area (Å²) < 4.78 is 4.91. The quantitative estimate of drug-likeness (QED) is 0.907. The van der Waals surface area contributed by atoms with Gasteiger partial charge in [-0.2, -0.15) is 15.0 Å². The number of methoxy groups -OCH3 is 1. The number of halogens is 1. The molecule has 0 aliphatic rings. The molecule has 2 aromatic rings. The number of nitrogens with one attached hydrogen (secondary N) is 1. The summed E-state index contributed by atoms with van der Waals surface area (Å²) in [7, 11) is 1.47. The molecular formula is C11H11ClN4O. The number of aryl methyl sites for hydroxylation is 1. The van der Waals surface area contributed by atoms with Crippen LogP contribution in [-0.4, -0.2) is 22.1 Å². The molecule has 0 atom stereocenters. The van der Waals surface area contributed by atoms with Crippen molar-refractivity contribution in [1.29, 1.82) is 0 Å². The van der Waals surface area contributed by atoms with Gasteiger partial charge in [-0.25, -0.2) is 0 Å². The van der Waals surface area contributed by atoms with Crippen molar-refractivity contribution in [2.75, 3.05) is 12.4 Å². The van der Waals surface area contributed by atoms with Crippen LogP contribution in [0.2, 0.25) is 5.28 Å². The summed E-state index contributed by atoms with van der Waals surface area (Å²) in [6, 6.07) is 8.02. The van der Waals surface area contributed by atoms with Gasteiger partial charge in [-0.3, -0.25) is 0 Å². The maximum atomic E-state index is 5.74. The summed E-state index contributed by atoms with van der Waals surface area (Å²) in [4.78, 5) is 11.8. The predicted molar refractivity (Wildman–Crippen MR) is 65.9 cm³/mol. The molecule has 5 nitrogen and oxygen atoms in total. The van der Waals surface area contributed by atoms with Crippen molar-refractivity contribution >= 4 is 23.2 Å². The van der Waals surface area contributed by atoms with Crippen LogP contribution in [0, 0.1) is 6.92 Å². The maximum absolute atomic E-state index is 5.74. The smallest absolute Gasteiger partial charge is 0.322 e. The predicted octanol–water partition coefficient (Wildman–Crippen LogP) is 2.59. The summed E-state index contributed by atoms with van der Waals surface area (Å²) in [6.45, 7) is 2.02. The van der Waals surface area contributed by atoms with E-state index in [0.29, 0.717) is 5.95 Å². The zero-order valence-electron chi connectivity index (χ0n) is 9.44. The summed E-state index contributed by atoms with van der Waals surface area (Å²) in [5.74, 6) is 0.353. The first-order valence-corrected chi connectivity index (χ1v) is 5.34. The van der Waals surface area contributed by atoms with Gasteiger partial charge in [-0.05, 0) is 30.7 Å². The van der Waals surface area contributed by atoms with Crippen LogP contribution >= 0.6 is 11.6 Å². The third-order valence-electron chi connectivity index (χ3n) is 2.08. The molecular weight excluding hydrogens is 240 g/mol. The normalized spacial score (nSPS) is 10.1. The fraction of sp³-hybridized carbons (Fsp3) is 0.182. The highest BCUT2D eigenvalue weighted by Gasteiger charge is 2.04. The topological polar surface area (TPSA) is 59.9 Å². The molecule has 0 saturated heterocycles. The standard InChI is InChI=1S/C11H11ClN4O/c1-7-3-5-8(6-4-7)13-10-14-9(12)15-11(16-10)17-2/h3-6H,1-2H3,(H,13,14,15,16). The molecule has 0 aliphatic carbocycles. The van der Waals surface area contributed by atoms with E-state index < -0.39 is 0 Å². The molecule has 0 radical (unpaired) electrons. The Kier molecular flexibility index (Phi) is 3.39. The first kappa shape index (κ1) is 11.6. The molecule has 1 heterocycles. The number of rotatable bonds is 3. The third-order valence-corrected chi connectivity index (χ3v) is 2.25. The van der Waals surface area contributed by atoms with Gasteiger partial charge < -0.3 is 10.1 Å². The van der Waals surface area contributed by atoms with Crippen molar-refractivity contribution in [2.45, 2.75) is 6.92 Å². The second-order valence-electron chi connectivity index (χ2n) is 3.41. The number of nitrogens with zero attached hydrogens (tertiary/aromatic N) is 3. The van der Waals surface area contributed by atoms with Gasteiger partial charge in [0.25, 0.3) is 0 Å². The molecule has 2 rings (SSSR count). The van der Waals surface area contributed by atoms with Gasteiger partial charge in [0.15, 0.2) is 0 Å². The van der Waals surface area contributed by atoms with Gasteiger partial charge in [0.05, 0.1) is 7.11 Å². The first-order chi connectivity index (χ1) is 8.17. The summed E-state index contributed by atoms with van der Waals surface area (Å²) in [5, 5.41) is 3.11. The van der Waals surface area contributed by atoms with Crippen LogP contribution in [0.25, 0.3) is 0 Å². The molecule has 0 fully saturated rings. The molecule has 0 saturated carbocycles. The van der Waals surface area contributed by atoms with Crippen LogP contribution in [0.4, 0.5) is 11.6 Å². The van der Waals surface area contributed by atoms with Crippen LogP contribution in [-0.2, 0) is 0 Å². The summed E-state index contributed by atoms with van der Waals surface area (Å²) in [5.41, 5.74) is 2.06. The molecule has 1 aromatic heterocycles. The van der Waals surface area contributed by atoms with Crippen LogP contribution in [0.1, 0.15) is 5.56 Å². The van der Waals surface area contributed by atoms with Gasteiger partial charge in [0.1, 0.15) is 0 Å². The van der Waals surface area contributed by atoms with E-state index in [1.165, 1.54) is 12.7 Å². The molecule has 0 amide bonds. The third kappa shape index (κ3) is 3.04. The van der Waals surface area contributed by atoms with Gasteiger partial charge in [-0.15, -0.1) is 0 Å². The zero-order chi connectivity index (χ0) is 12.3. The number of hydrogen-bond acceptors (Lipinski definition) is 5. The lowest BCUT2D eigenvalue weighted by atomic mass is 10.2. The Morgan fingerprint density at radius 3 is 2.47 bits per heavy atom. The molecule has 88 valence electrons. The Morgan fingerprint density at radius 2 is 1.82 bits per heavy atom. The highest BCUT2D eigenvalue weighted by atomic mass is 35.5. The summed E-state index contributed by atoms with van der Waals surface area (Å²) in [6.07, 6.45) is 0. The van der Waals surface area contributed by atoms with Crippen molar-refractivity contribution in [2.24, 2.45) is 0 Å². The molecule has 0 bridgehead atoms. The van der Waals surface area contributed by atoms with E-state index in [1.54, 1.807) is 0 Å². The fourth-order valence-electron chi connectivity index (χ4n) is 1.25. The number of anilines is 2. The minimum atomic E-state index is 0.0893. The Balaban J connectivity index is 2.23. The fourth-order valence-corrected chi connectivity index (χ4v) is 1.40. The van der Waals surface area contributed by atoms with E-state index in [4.69, 9.17) is 16.3 Å². The minimum absolute atomic E-state index is 0.0893. The Labute approximate surface area is 104 Å². The molecule has 6 heteroatoms. The van der Waals surface area contributed by atoms with Crippen molar-refractivity contribution in [3.8, 4) is 6.01 Å². The van der Waals surface area contributed by atoms with E-state index in [1.807, 2.05) is 31.2 Å². The van der Waals surface area contributed by atoms with E-state index >= 15 is 0 Å². The maximum Gasteiger partial charge on any atom is 0.322 e. The number of aromatic nitrogens is 3. The summed E-state index contributed by atoms with van der Waals surface area (Å²) >= 11 is 5.74. The molecule has 17 heavy (non-hydrogen) atoms. The number of ether oxygens (including phenoxy) is 1. The van der Waals surface area contributed by atoms with Crippen molar-refractivity contribution < 1.29 is 4.74 Å². The molecule has 0 unspecified atom stereocenters. The largest absolute Gasteiger partial charge is 0.467 e. The Bertz CT molecular complexity index is 515. The lowest BCUT2D eigenvalue weighted by Crippen LogP contribution is -2.01. The molecule has 1 aromatic carbocycles. The van der Waals surface area contributed by atoms with E-state index in [9.17, 15) is 0 Å². The second kappa shape index (κ2) is 4.97. The second-order valence-corrected chi connectivity index (χ2v) is 3.74. The van der Waals surface area contributed by atoms with E-state index in [2.05, 4.69) is 20.3 Å². The molecule has 1 N–H and O–H groups in total. The van der Waals surface area contributed by atoms with Crippen molar-refractivity contribution in [3.63, 3.8) is 0 Å². The Hall–Kier alpha value is -1.88. The first-order valence-electron chi connectivity index (χ1n) is 4.96. The highest BCUT2D eigenvalue weighted by molar-refractivity contribution is 6.28. The molecule has 0 spiro atoms. The lowest BCUT2D eigenvalue weighted by Gasteiger charge is -2.06. The van der Waals surface area contributed by atoms with Crippen molar-refractivity contribution in [3.05, 3.63) is 35.1 Å².